The lowest BCUT2D eigenvalue weighted by atomic mass is 10.1. The Hall–Kier alpha value is -2.38. The third-order valence-electron chi connectivity index (χ3n) is 3.50. The second-order valence-corrected chi connectivity index (χ2v) is 5.32. The first-order valence-electron chi connectivity index (χ1n) is 6.81. The van der Waals surface area contributed by atoms with Crippen molar-refractivity contribution < 1.29 is 18.1 Å². The van der Waals surface area contributed by atoms with E-state index in [2.05, 4.69) is 15.1 Å². The molecule has 2 aromatic rings. The van der Waals surface area contributed by atoms with Crippen LogP contribution >= 0.6 is 0 Å². The Morgan fingerprint density at radius 1 is 1.55 bits per heavy atom. The molecule has 0 bridgehead atoms. The van der Waals surface area contributed by atoms with Crippen molar-refractivity contribution in [3.8, 4) is 0 Å². The van der Waals surface area contributed by atoms with Crippen LogP contribution in [0.5, 0.6) is 0 Å². The maximum absolute atomic E-state index is 13.7. The molecule has 0 radical (unpaired) electrons. The molecule has 0 aliphatic carbocycles. The highest BCUT2D eigenvalue weighted by atomic mass is 19.3. The van der Waals surface area contributed by atoms with Crippen LogP contribution in [0, 0.1) is 6.92 Å². The molecule has 0 spiro atoms. The van der Waals surface area contributed by atoms with Gasteiger partial charge in [-0.1, -0.05) is 11.2 Å². The minimum absolute atomic E-state index is 0.00748. The highest BCUT2D eigenvalue weighted by Gasteiger charge is 2.49. The minimum atomic E-state index is -2.96. The van der Waals surface area contributed by atoms with Gasteiger partial charge >= 0.3 is 0 Å². The third-order valence-corrected chi connectivity index (χ3v) is 3.50. The number of carbonyl (C=O) groups is 1. The van der Waals surface area contributed by atoms with Crippen molar-refractivity contribution in [2.24, 2.45) is 0 Å². The minimum Gasteiger partial charge on any atom is -0.337 e. The predicted molar refractivity (Wildman–Crippen MR) is 71.0 cm³/mol. The maximum atomic E-state index is 13.7. The molecular formula is C14H14F2N4O2. The van der Waals surface area contributed by atoms with Gasteiger partial charge in [-0.25, -0.2) is 8.78 Å². The van der Waals surface area contributed by atoms with Crippen LogP contribution in [0.25, 0.3) is 0 Å². The summed E-state index contributed by atoms with van der Waals surface area (Å²) in [7, 11) is 0. The molecule has 1 fully saturated rings. The number of pyridine rings is 1. The molecule has 3 rings (SSSR count). The Labute approximate surface area is 125 Å². The summed E-state index contributed by atoms with van der Waals surface area (Å²) in [5.74, 6) is -2.97. The number of aromatic nitrogens is 3. The number of nitrogens with zero attached hydrogens (tertiary/aromatic N) is 4. The fourth-order valence-electron chi connectivity index (χ4n) is 2.53. The zero-order valence-electron chi connectivity index (χ0n) is 11.9. The Bertz CT molecular complexity index is 674. The van der Waals surface area contributed by atoms with Gasteiger partial charge < -0.3 is 9.42 Å². The highest BCUT2D eigenvalue weighted by Crippen LogP contribution is 2.40. The van der Waals surface area contributed by atoms with Gasteiger partial charge in [0, 0.05) is 18.8 Å². The van der Waals surface area contributed by atoms with Gasteiger partial charge in [0.15, 0.2) is 5.82 Å². The highest BCUT2D eigenvalue weighted by molar-refractivity contribution is 5.79. The van der Waals surface area contributed by atoms with Gasteiger partial charge in [0.1, 0.15) is 6.04 Å². The fraction of sp³-hybridized carbons (Fsp3) is 0.429. The van der Waals surface area contributed by atoms with E-state index in [-0.39, 0.29) is 12.3 Å². The first kappa shape index (κ1) is 14.6. The van der Waals surface area contributed by atoms with E-state index in [4.69, 9.17) is 4.52 Å². The molecule has 0 aromatic carbocycles. The Morgan fingerprint density at radius 3 is 3.00 bits per heavy atom. The normalized spacial score (nSPS) is 20.3. The van der Waals surface area contributed by atoms with E-state index in [9.17, 15) is 13.6 Å². The van der Waals surface area contributed by atoms with Crippen molar-refractivity contribution in [2.75, 3.05) is 6.54 Å². The summed E-state index contributed by atoms with van der Waals surface area (Å²) in [4.78, 5) is 21.4. The zero-order valence-corrected chi connectivity index (χ0v) is 11.9. The van der Waals surface area contributed by atoms with Crippen molar-refractivity contribution in [2.45, 2.75) is 31.7 Å². The molecule has 116 valence electrons. The van der Waals surface area contributed by atoms with E-state index in [1.807, 2.05) is 0 Å². The quantitative estimate of drug-likeness (QED) is 0.866. The molecule has 22 heavy (non-hydrogen) atoms. The molecule has 0 N–H and O–H groups in total. The lowest BCUT2D eigenvalue weighted by molar-refractivity contribution is -0.133. The molecule has 2 aromatic heterocycles. The van der Waals surface area contributed by atoms with E-state index in [0.717, 1.165) is 4.90 Å². The zero-order chi connectivity index (χ0) is 15.7. The summed E-state index contributed by atoms with van der Waals surface area (Å²) in [5.41, 5.74) is 0.670. The number of alkyl halides is 2. The van der Waals surface area contributed by atoms with Crippen LogP contribution < -0.4 is 0 Å². The number of likely N-dealkylation sites (tertiary alicyclic amines) is 1. The SMILES string of the molecule is Cc1noc([C@@H]2CC(F)(F)CN2C(=O)Cc2cccnc2)n1. The van der Waals surface area contributed by atoms with Crippen LogP contribution in [-0.4, -0.2) is 38.4 Å². The average Bonchev–Trinajstić information content (AvgIpc) is 3.03. The van der Waals surface area contributed by atoms with E-state index < -0.39 is 30.8 Å². The fourth-order valence-corrected chi connectivity index (χ4v) is 2.53. The van der Waals surface area contributed by atoms with Crippen LogP contribution in [0.15, 0.2) is 29.0 Å². The number of hydrogen-bond acceptors (Lipinski definition) is 5. The van der Waals surface area contributed by atoms with Gasteiger partial charge in [0.25, 0.3) is 5.92 Å². The number of hydrogen-bond donors (Lipinski definition) is 0. The van der Waals surface area contributed by atoms with Crippen molar-refractivity contribution in [3.05, 3.63) is 41.8 Å². The maximum Gasteiger partial charge on any atom is 0.267 e. The summed E-state index contributed by atoms with van der Waals surface area (Å²) in [6.45, 7) is 0.958. The van der Waals surface area contributed by atoms with Gasteiger partial charge in [-0.05, 0) is 18.6 Å². The average molecular weight is 308 g/mol. The summed E-state index contributed by atoms with van der Waals surface area (Å²) in [6, 6.07) is 2.53. The summed E-state index contributed by atoms with van der Waals surface area (Å²) < 4.78 is 32.5. The van der Waals surface area contributed by atoms with Gasteiger partial charge in [0.2, 0.25) is 11.8 Å². The Morgan fingerprint density at radius 2 is 2.36 bits per heavy atom. The molecular weight excluding hydrogens is 294 g/mol. The number of aryl methyl sites for hydroxylation is 1. The largest absolute Gasteiger partial charge is 0.337 e. The van der Waals surface area contributed by atoms with E-state index in [0.29, 0.717) is 11.4 Å². The van der Waals surface area contributed by atoms with Crippen LogP contribution in [-0.2, 0) is 11.2 Å². The van der Waals surface area contributed by atoms with Gasteiger partial charge in [-0.15, -0.1) is 0 Å². The second-order valence-electron chi connectivity index (χ2n) is 5.32. The first-order valence-corrected chi connectivity index (χ1v) is 6.81. The summed E-state index contributed by atoms with van der Waals surface area (Å²) in [6.07, 6.45) is 2.63. The standard InChI is InChI=1S/C14H14F2N4O2/c1-9-18-13(22-19-9)11-6-14(15,16)8-20(11)12(21)5-10-3-2-4-17-7-10/h2-4,7,11H,5-6,8H2,1H3/t11-/m0/s1. The first-order chi connectivity index (χ1) is 10.4. The number of halogens is 2. The van der Waals surface area contributed by atoms with Crippen LogP contribution in [0.4, 0.5) is 8.78 Å². The number of amides is 1. The number of rotatable bonds is 3. The third kappa shape index (κ3) is 2.95. The molecule has 3 heterocycles. The van der Waals surface area contributed by atoms with Crippen molar-refractivity contribution in [1.82, 2.24) is 20.0 Å². The number of carbonyl (C=O) groups excluding carboxylic acids is 1. The molecule has 0 unspecified atom stereocenters. The van der Waals surface area contributed by atoms with Crippen LogP contribution in [0.1, 0.15) is 29.7 Å². The van der Waals surface area contributed by atoms with Crippen molar-refractivity contribution >= 4 is 5.91 Å². The van der Waals surface area contributed by atoms with Gasteiger partial charge in [-0.2, -0.15) is 4.98 Å². The molecule has 1 amide bonds. The van der Waals surface area contributed by atoms with Crippen LogP contribution in [0.3, 0.4) is 0 Å². The molecule has 6 nitrogen and oxygen atoms in total. The monoisotopic (exact) mass is 308 g/mol. The molecule has 8 heteroatoms. The van der Waals surface area contributed by atoms with E-state index >= 15 is 0 Å². The molecule has 0 saturated carbocycles. The molecule has 1 atom stereocenters. The molecule has 1 saturated heterocycles. The Balaban J connectivity index is 1.81. The van der Waals surface area contributed by atoms with Gasteiger partial charge in [-0.3, -0.25) is 9.78 Å². The Kier molecular flexibility index (Phi) is 3.59. The smallest absolute Gasteiger partial charge is 0.267 e. The molecule has 1 aliphatic heterocycles. The molecule has 1 aliphatic rings. The summed E-state index contributed by atoms with van der Waals surface area (Å²) >= 11 is 0. The predicted octanol–water partition coefficient (Wildman–Crippen LogP) is 1.92. The van der Waals surface area contributed by atoms with Crippen molar-refractivity contribution in [3.63, 3.8) is 0 Å². The lowest BCUT2D eigenvalue weighted by Gasteiger charge is -2.21. The van der Waals surface area contributed by atoms with E-state index in [1.54, 1.807) is 25.3 Å². The topological polar surface area (TPSA) is 72.1 Å². The van der Waals surface area contributed by atoms with E-state index in [1.165, 1.54) is 6.20 Å². The second kappa shape index (κ2) is 5.43. The van der Waals surface area contributed by atoms with Crippen molar-refractivity contribution in [1.29, 1.82) is 0 Å². The van der Waals surface area contributed by atoms with Gasteiger partial charge in [0.05, 0.1) is 13.0 Å². The lowest BCUT2D eigenvalue weighted by Crippen LogP contribution is -2.34. The summed E-state index contributed by atoms with van der Waals surface area (Å²) in [5, 5.41) is 3.61. The van der Waals surface area contributed by atoms with Crippen LogP contribution in [0.2, 0.25) is 0 Å².